The van der Waals surface area contributed by atoms with Gasteiger partial charge in [-0.2, -0.15) is 0 Å². The molecule has 0 unspecified atom stereocenters. The van der Waals surface area contributed by atoms with Crippen LogP contribution in [0.5, 0.6) is 0 Å². The molecule has 2 fully saturated rings. The van der Waals surface area contributed by atoms with Crippen molar-refractivity contribution >= 4 is 34.5 Å². The van der Waals surface area contributed by atoms with Crippen molar-refractivity contribution in [2.24, 2.45) is 5.92 Å². The second kappa shape index (κ2) is 10.2. The number of ether oxygens (including phenoxy) is 1. The van der Waals surface area contributed by atoms with Gasteiger partial charge in [0.1, 0.15) is 0 Å². The topological polar surface area (TPSA) is 81.5 Å². The van der Waals surface area contributed by atoms with Gasteiger partial charge in [0.05, 0.1) is 35.0 Å². The fraction of sp³-hybridized carbons (Fsp3) is 0.407. The van der Waals surface area contributed by atoms with Crippen LogP contribution in [0.1, 0.15) is 48.9 Å². The number of fused-ring (bicyclic) bond motifs is 2. The van der Waals surface area contributed by atoms with E-state index in [1.165, 1.54) is 44.6 Å². The average molecular weight is 492 g/mol. The van der Waals surface area contributed by atoms with Gasteiger partial charge in [0.25, 0.3) is 5.56 Å². The zero-order valence-corrected chi connectivity index (χ0v) is 20.6. The number of carbonyl (C=O) groups excluding carboxylic acids is 2. The molecule has 2 heterocycles. The highest BCUT2D eigenvalue weighted by Gasteiger charge is 2.35. The van der Waals surface area contributed by atoms with Crippen LogP contribution >= 0.6 is 11.8 Å². The minimum atomic E-state index is -0.488. The number of rotatable bonds is 5. The van der Waals surface area contributed by atoms with Gasteiger partial charge in [0.15, 0.2) is 5.16 Å². The lowest BCUT2D eigenvalue weighted by atomic mass is 9.78. The third kappa shape index (κ3) is 4.72. The Labute approximate surface area is 208 Å². The molecule has 0 N–H and O–H groups in total. The Morgan fingerprint density at radius 2 is 1.83 bits per heavy atom. The van der Waals surface area contributed by atoms with Gasteiger partial charge >= 0.3 is 5.97 Å². The molecule has 1 saturated carbocycles. The van der Waals surface area contributed by atoms with Gasteiger partial charge in [-0.1, -0.05) is 42.8 Å². The molecule has 5 rings (SSSR count). The number of amides is 1. The minimum Gasteiger partial charge on any atom is -0.465 e. The zero-order chi connectivity index (χ0) is 24.4. The van der Waals surface area contributed by atoms with E-state index >= 15 is 0 Å². The van der Waals surface area contributed by atoms with Gasteiger partial charge in [-0.25, -0.2) is 9.78 Å². The molecular weight excluding hydrogens is 462 g/mol. The molecule has 2 atom stereocenters. The minimum absolute atomic E-state index is 0.101. The smallest absolute Gasteiger partial charge is 0.337 e. The number of carbonyl (C=O) groups is 2. The molecule has 2 aromatic carbocycles. The Morgan fingerprint density at radius 1 is 1.06 bits per heavy atom. The van der Waals surface area contributed by atoms with E-state index in [9.17, 15) is 14.4 Å². The Morgan fingerprint density at radius 3 is 2.63 bits per heavy atom. The van der Waals surface area contributed by atoms with E-state index in [0.717, 1.165) is 19.4 Å². The first-order chi connectivity index (χ1) is 17.1. The number of nitrogens with zero attached hydrogens (tertiary/aromatic N) is 3. The number of benzene rings is 2. The molecule has 1 aliphatic carbocycles. The summed E-state index contributed by atoms with van der Waals surface area (Å²) in [6.07, 6.45) is 7.00. The van der Waals surface area contributed by atoms with Crippen molar-refractivity contribution in [3.05, 3.63) is 64.4 Å². The first-order valence-corrected chi connectivity index (χ1v) is 13.2. The second-order valence-electron chi connectivity index (χ2n) is 9.22. The molecule has 8 heteroatoms. The molecule has 3 aromatic rings. The SMILES string of the molecule is COC(=O)c1ccc2c(=O)n(-c3ccccc3)c(SCC(=O)N3CCC[C@@H]4CCCC[C@H]43)nc2c1. The van der Waals surface area contributed by atoms with E-state index < -0.39 is 5.97 Å². The molecule has 0 spiro atoms. The predicted molar refractivity (Wildman–Crippen MR) is 136 cm³/mol. The predicted octanol–water partition coefficient (Wildman–Crippen LogP) is 4.45. The van der Waals surface area contributed by atoms with Crippen LogP contribution in [0.3, 0.4) is 0 Å². The fourth-order valence-electron chi connectivity index (χ4n) is 5.46. The van der Waals surface area contributed by atoms with E-state index in [4.69, 9.17) is 9.72 Å². The van der Waals surface area contributed by atoms with Gasteiger partial charge in [0, 0.05) is 12.6 Å². The molecule has 7 nitrogen and oxygen atoms in total. The summed E-state index contributed by atoms with van der Waals surface area (Å²) in [5, 5.41) is 0.833. The lowest BCUT2D eigenvalue weighted by Gasteiger charge is -2.44. The highest BCUT2D eigenvalue weighted by molar-refractivity contribution is 7.99. The molecule has 35 heavy (non-hydrogen) atoms. The van der Waals surface area contributed by atoms with Gasteiger partial charge < -0.3 is 9.64 Å². The van der Waals surface area contributed by atoms with Crippen LogP contribution in [0, 0.1) is 5.92 Å². The largest absolute Gasteiger partial charge is 0.465 e. The van der Waals surface area contributed by atoms with E-state index in [-0.39, 0.29) is 17.2 Å². The summed E-state index contributed by atoms with van der Waals surface area (Å²) < 4.78 is 6.38. The summed E-state index contributed by atoms with van der Waals surface area (Å²) in [4.78, 5) is 45.7. The Bertz CT molecular complexity index is 1310. The van der Waals surface area contributed by atoms with Gasteiger partial charge in [-0.3, -0.25) is 14.2 Å². The average Bonchev–Trinajstić information content (AvgIpc) is 2.91. The summed E-state index contributed by atoms with van der Waals surface area (Å²) in [6.45, 7) is 0.805. The third-order valence-corrected chi connectivity index (χ3v) is 8.09. The number of hydrogen-bond donors (Lipinski definition) is 0. The van der Waals surface area contributed by atoms with Crippen LogP contribution in [-0.2, 0) is 9.53 Å². The third-order valence-electron chi connectivity index (χ3n) is 7.16. The maximum Gasteiger partial charge on any atom is 0.337 e. The summed E-state index contributed by atoms with van der Waals surface area (Å²) in [6, 6.07) is 14.4. The second-order valence-corrected chi connectivity index (χ2v) is 10.2. The van der Waals surface area contributed by atoms with Crippen molar-refractivity contribution in [3.8, 4) is 5.69 Å². The molecule has 1 amide bonds. The zero-order valence-electron chi connectivity index (χ0n) is 19.8. The quantitative estimate of drug-likeness (QED) is 0.298. The van der Waals surface area contributed by atoms with Crippen molar-refractivity contribution in [3.63, 3.8) is 0 Å². The van der Waals surface area contributed by atoms with Crippen LogP contribution < -0.4 is 5.56 Å². The summed E-state index contributed by atoms with van der Waals surface area (Å²) in [5.74, 6) is 0.441. The van der Waals surface area contributed by atoms with E-state index in [1.807, 2.05) is 30.3 Å². The van der Waals surface area contributed by atoms with Gasteiger partial charge in [0.2, 0.25) is 5.91 Å². The van der Waals surface area contributed by atoms with Crippen LogP contribution in [0.2, 0.25) is 0 Å². The van der Waals surface area contributed by atoms with Crippen LogP contribution in [0.25, 0.3) is 16.6 Å². The number of methoxy groups -OCH3 is 1. The molecule has 1 aliphatic heterocycles. The normalized spacial score (nSPS) is 19.9. The maximum absolute atomic E-state index is 13.5. The lowest BCUT2D eigenvalue weighted by Crippen LogP contribution is -2.50. The highest BCUT2D eigenvalue weighted by Crippen LogP contribution is 2.35. The number of esters is 1. The molecule has 0 radical (unpaired) electrons. The summed E-state index contributed by atoms with van der Waals surface area (Å²) >= 11 is 1.28. The van der Waals surface area contributed by atoms with E-state index in [0.29, 0.717) is 39.3 Å². The Kier molecular flexibility index (Phi) is 6.90. The van der Waals surface area contributed by atoms with Gasteiger partial charge in [-0.15, -0.1) is 0 Å². The molecular formula is C27H29N3O4S. The van der Waals surface area contributed by atoms with Crippen molar-refractivity contribution in [2.75, 3.05) is 19.4 Å². The monoisotopic (exact) mass is 491 g/mol. The summed E-state index contributed by atoms with van der Waals surface area (Å²) in [5.41, 5.74) is 1.18. The van der Waals surface area contributed by atoms with Crippen LogP contribution in [0.4, 0.5) is 0 Å². The highest BCUT2D eigenvalue weighted by atomic mass is 32.2. The van der Waals surface area contributed by atoms with E-state index in [2.05, 4.69) is 4.90 Å². The van der Waals surface area contributed by atoms with Gasteiger partial charge in [-0.05, 0) is 61.9 Å². The number of likely N-dealkylation sites (tertiary alicyclic amines) is 1. The number of thioether (sulfide) groups is 1. The lowest BCUT2D eigenvalue weighted by molar-refractivity contribution is -0.134. The number of hydrogen-bond acceptors (Lipinski definition) is 6. The van der Waals surface area contributed by atoms with Crippen molar-refractivity contribution < 1.29 is 14.3 Å². The number of piperidine rings is 1. The van der Waals surface area contributed by atoms with Crippen LogP contribution in [0.15, 0.2) is 58.5 Å². The maximum atomic E-state index is 13.5. The molecule has 0 bridgehead atoms. The van der Waals surface area contributed by atoms with Crippen molar-refractivity contribution in [2.45, 2.75) is 49.7 Å². The number of para-hydroxylation sites is 1. The Hall–Kier alpha value is -3.13. The fourth-order valence-corrected chi connectivity index (χ4v) is 6.35. The first kappa shape index (κ1) is 23.6. The standard InChI is InChI=1S/C27H29N3O4S/c1-34-26(33)19-13-14-21-22(16-19)28-27(30(25(21)32)20-10-3-2-4-11-20)35-17-24(31)29-15-7-9-18-8-5-6-12-23(18)29/h2-4,10-11,13-14,16,18,23H,5-9,12,15,17H2,1H3/t18-,23+/m0/s1. The molecule has 1 saturated heterocycles. The van der Waals surface area contributed by atoms with E-state index in [1.54, 1.807) is 22.8 Å². The Balaban J connectivity index is 1.49. The van der Waals surface area contributed by atoms with Crippen molar-refractivity contribution in [1.29, 1.82) is 0 Å². The number of aromatic nitrogens is 2. The molecule has 182 valence electrons. The van der Waals surface area contributed by atoms with Crippen LogP contribution in [-0.4, -0.2) is 51.8 Å². The molecule has 1 aromatic heterocycles. The van der Waals surface area contributed by atoms with Crippen molar-refractivity contribution in [1.82, 2.24) is 14.5 Å². The first-order valence-electron chi connectivity index (χ1n) is 12.2. The molecule has 2 aliphatic rings. The summed E-state index contributed by atoms with van der Waals surface area (Å²) in [7, 11) is 1.32.